The molecule has 0 spiro atoms. The molecular formula is C26H34N2O5. The Balaban J connectivity index is 1.56. The van der Waals surface area contributed by atoms with Crippen LogP contribution in [0.25, 0.3) is 0 Å². The van der Waals surface area contributed by atoms with E-state index in [0.717, 1.165) is 25.7 Å². The SMILES string of the molecule is CCCCCCOc1ccc(C(=O)NNC(=O)CCC(=O)OCCCc2ccccc2)cc1. The van der Waals surface area contributed by atoms with E-state index in [1.54, 1.807) is 24.3 Å². The highest BCUT2D eigenvalue weighted by Gasteiger charge is 2.10. The molecular weight excluding hydrogens is 420 g/mol. The Labute approximate surface area is 195 Å². The summed E-state index contributed by atoms with van der Waals surface area (Å²) < 4.78 is 10.8. The summed E-state index contributed by atoms with van der Waals surface area (Å²) in [5, 5.41) is 0. The zero-order valence-corrected chi connectivity index (χ0v) is 19.3. The summed E-state index contributed by atoms with van der Waals surface area (Å²) in [5.41, 5.74) is 6.25. The minimum atomic E-state index is -0.461. The quantitative estimate of drug-likeness (QED) is 0.251. The van der Waals surface area contributed by atoms with Crippen molar-refractivity contribution in [2.45, 2.75) is 58.3 Å². The molecule has 0 saturated heterocycles. The lowest BCUT2D eigenvalue weighted by Gasteiger charge is -2.09. The second kappa shape index (κ2) is 15.5. The fourth-order valence-corrected chi connectivity index (χ4v) is 3.08. The van der Waals surface area contributed by atoms with E-state index in [9.17, 15) is 14.4 Å². The van der Waals surface area contributed by atoms with E-state index in [0.29, 0.717) is 24.5 Å². The van der Waals surface area contributed by atoms with Crippen molar-refractivity contribution in [2.24, 2.45) is 0 Å². The van der Waals surface area contributed by atoms with Gasteiger partial charge in [0.25, 0.3) is 5.91 Å². The maximum atomic E-state index is 12.2. The van der Waals surface area contributed by atoms with Crippen molar-refractivity contribution in [3.8, 4) is 5.75 Å². The van der Waals surface area contributed by atoms with Gasteiger partial charge in [-0.1, -0.05) is 56.5 Å². The summed E-state index contributed by atoms with van der Waals surface area (Å²) in [4.78, 5) is 35.8. The van der Waals surface area contributed by atoms with Crippen LogP contribution in [0.5, 0.6) is 5.75 Å². The Hall–Kier alpha value is -3.35. The number of amides is 2. The number of benzene rings is 2. The van der Waals surface area contributed by atoms with Gasteiger partial charge in [-0.2, -0.15) is 0 Å². The van der Waals surface area contributed by atoms with Gasteiger partial charge in [-0.3, -0.25) is 25.2 Å². The first-order valence-corrected chi connectivity index (χ1v) is 11.6. The van der Waals surface area contributed by atoms with Crippen LogP contribution in [0, 0.1) is 0 Å². The molecule has 7 heteroatoms. The van der Waals surface area contributed by atoms with Crippen LogP contribution >= 0.6 is 0 Å². The maximum Gasteiger partial charge on any atom is 0.306 e. The van der Waals surface area contributed by atoms with Crippen LogP contribution in [0.15, 0.2) is 54.6 Å². The topological polar surface area (TPSA) is 93.7 Å². The van der Waals surface area contributed by atoms with E-state index in [2.05, 4.69) is 17.8 Å². The number of ether oxygens (including phenoxy) is 2. The van der Waals surface area contributed by atoms with Crippen molar-refractivity contribution in [3.05, 3.63) is 65.7 Å². The number of esters is 1. The molecule has 0 aliphatic rings. The largest absolute Gasteiger partial charge is 0.494 e. The number of carbonyl (C=O) groups excluding carboxylic acids is 3. The summed E-state index contributed by atoms with van der Waals surface area (Å²) in [6.45, 7) is 3.12. The third-order valence-electron chi connectivity index (χ3n) is 4.97. The van der Waals surface area contributed by atoms with Gasteiger partial charge in [0.1, 0.15) is 5.75 Å². The minimum absolute atomic E-state index is 0.0443. The van der Waals surface area contributed by atoms with E-state index in [-0.39, 0.29) is 12.8 Å². The zero-order valence-electron chi connectivity index (χ0n) is 19.3. The molecule has 0 aliphatic heterocycles. The highest BCUT2D eigenvalue weighted by Crippen LogP contribution is 2.13. The average Bonchev–Trinajstić information content (AvgIpc) is 2.85. The molecule has 0 heterocycles. The Morgan fingerprint density at radius 2 is 1.55 bits per heavy atom. The summed E-state index contributed by atoms with van der Waals surface area (Å²) in [6.07, 6.45) is 5.96. The van der Waals surface area contributed by atoms with E-state index < -0.39 is 17.8 Å². The zero-order chi connectivity index (χ0) is 23.7. The molecule has 2 amide bonds. The molecule has 0 aliphatic carbocycles. The van der Waals surface area contributed by atoms with Crippen LogP contribution in [-0.2, 0) is 20.7 Å². The van der Waals surface area contributed by atoms with Crippen LogP contribution in [-0.4, -0.2) is 31.0 Å². The number of aryl methyl sites for hydroxylation is 1. The number of hydrogen-bond acceptors (Lipinski definition) is 5. The van der Waals surface area contributed by atoms with Crippen LogP contribution in [0.4, 0.5) is 0 Å². The lowest BCUT2D eigenvalue weighted by molar-refractivity contribution is -0.145. The Kier molecular flexibility index (Phi) is 12.1. The average molecular weight is 455 g/mol. The second-order valence-electron chi connectivity index (χ2n) is 7.75. The molecule has 2 aromatic carbocycles. The highest BCUT2D eigenvalue weighted by atomic mass is 16.5. The highest BCUT2D eigenvalue weighted by molar-refractivity contribution is 5.95. The number of hydrogen-bond donors (Lipinski definition) is 2. The summed E-state index contributed by atoms with van der Waals surface area (Å²) in [6, 6.07) is 16.7. The Morgan fingerprint density at radius 3 is 2.27 bits per heavy atom. The van der Waals surface area contributed by atoms with Crippen LogP contribution in [0.2, 0.25) is 0 Å². The third kappa shape index (κ3) is 11.2. The van der Waals surface area contributed by atoms with Gasteiger partial charge >= 0.3 is 5.97 Å². The summed E-state index contributed by atoms with van der Waals surface area (Å²) >= 11 is 0. The van der Waals surface area contributed by atoms with Crippen LogP contribution in [0.3, 0.4) is 0 Å². The molecule has 0 saturated carbocycles. The maximum absolute atomic E-state index is 12.2. The predicted octanol–water partition coefficient (Wildman–Crippen LogP) is 4.36. The molecule has 0 atom stereocenters. The molecule has 178 valence electrons. The van der Waals surface area contributed by atoms with Crippen molar-refractivity contribution >= 4 is 17.8 Å². The molecule has 2 rings (SSSR count). The van der Waals surface area contributed by atoms with Crippen molar-refractivity contribution in [1.82, 2.24) is 10.9 Å². The van der Waals surface area contributed by atoms with Crippen LogP contribution < -0.4 is 15.6 Å². The van der Waals surface area contributed by atoms with Gasteiger partial charge in [-0.05, 0) is 49.1 Å². The van der Waals surface area contributed by atoms with E-state index >= 15 is 0 Å². The van der Waals surface area contributed by atoms with E-state index in [1.165, 1.54) is 18.4 Å². The number of hydrazine groups is 1. The lowest BCUT2D eigenvalue weighted by Crippen LogP contribution is -2.41. The fourth-order valence-electron chi connectivity index (χ4n) is 3.08. The number of unbranched alkanes of at least 4 members (excludes halogenated alkanes) is 3. The Morgan fingerprint density at radius 1 is 0.788 bits per heavy atom. The van der Waals surface area contributed by atoms with Crippen molar-refractivity contribution in [2.75, 3.05) is 13.2 Å². The van der Waals surface area contributed by atoms with Crippen molar-refractivity contribution in [1.29, 1.82) is 0 Å². The molecule has 0 bridgehead atoms. The normalized spacial score (nSPS) is 10.3. The number of rotatable bonds is 14. The van der Waals surface area contributed by atoms with E-state index in [4.69, 9.17) is 9.47 Å². The second-order valence-corrected chi connectivity index (χ2v) is 7.75. The first-order valence-electron chi connectivity index (χ1n) is 11.6. The van der Waals surface area contributed by atoms with Gasteiger partial charge in [0.15, 0.2) is 0 Å². The third-order valence-corrected chi connectivity index (χ3v) is 4.97. The Bertz CT molecular complexity index is 853. The smallest absolute Gasteiger partial charge is 0.306 e. The monoisotopic (exact) mass is 454 g/mol. The predicted molar refractivity (Wildman–Crippen MR) is 127 cm³/mol. The first-order chi connectivity index (χ1) is 16.1. The molecule has 33 heavy (non-hydrogen) atoms. The van der Waals surface area contributed by atoms with Crippen LogP contribution in [0.1, 0.15) is 67.8 Å². The molecule has 7 nitrogen and oxygen atoms in total. The lowest BCUT2D eigenvalue weighted by atomic mass is 10.1. The van der Waals surface area contributed by atoms with Gasteiger partial charge in [0, 0.05) is 12.0 Å². The fraction of sp³-hybridized carbons (Fsp3) is 0.423. The van der Waals surface area contributed by atoms with Gasteiger partial charge < -0.3 is 9.47 Å². The van der Waals surface area contributed by atoms with Crippen molar-refractivity contribution < 1.29 is 23.9 Å². The first kappa shape index (κ1) is 25.9. The van der Waals surface area contributed by atoms with Gasteiger partial charge in [0.05, 0.1) is 19.6 Å². The number of nitrogens with one attached hydrogen (secondary N) is 2. The molecule has 2 N–H and O–H groups in total. The van der Waals surface area contributed by atoms with Gasteiger partial charge in [0.2, 0.25) is 5.91 Å². The van der Waals surface area contributed by atoms with E-state index in [1.807, 2.05) is 30.3 Å². The van der Waals surface area contributed by atoms with Crippen molar-refractivity contribution in [3.63, 3.8) is 0 Å². The van der Waals surface area contributed by atoms with Gasteiger partial charge in [-0.15, -0.1) is 0 Å². The molecule has 0 unspecified atom stereocenters. The number of carbonyl (C=O) groups is 3. The minimum Gasteiger partial charge on any atom is -0.494 e. The van der Waals surface area contributed by atoms with Gasteiger partial charge in [-0.25, -0.2) is 0 Å². The molecule has 2 aromatic rings. The molecule has 0 aromatic heterocycles. The molecule has 0 radical (unpaired) electrons. The molecule has 0 fully saturated rings. The summed E-state index contributed by atoms with van der Waals surface area (Å²) in [5.74, 6) is -0.637. The standard InChI is InChI=1S/C26H34N2O5/c1-2-3-4-8-19-32-23-15-13-22(14-16-23)26(31)28-27-24(29)17-18-25(30)33-20-9-12-21-10-6-5-7-11-21/h5-7,10-11,13-16H,2-4,8-9,12,17-20H2,1H3,(H,27,29)(H,28,31). The summed E-state index contributed by atoms with van der Waals surface area (Å²) in [7, 11) is 0.